The van der Waals surface area contributed by atoms with Crippen molar-refractivity contribution in [3.8, 4) is 5.69 Å². The Hall–Kier alpha value is -2.66. The van der Waals surface area contributed by atoms with Crippen molar-refractivity contribution in [2.75, 3.05) is 19.2 Å². The van der Waals surface area contributed by atoms with E-state index in [1.165, 1.54) is 0 Å². The van der Waals surface area contributed by atoms with Crippen LogP contribution in [-0.2, 0) is 4.74 Å². The maximum atomic E-state index is 12.7. The molecule has 1 aromatic heterocycles. The average Bonchev–Trinajstić information content (AvgIpc) is 2.64. The molecule has 0 spiro atoms. The minimum absolute atomic E-state index is 0.0717. The Morgan fingerprint density at radius 3 is 2.67 bits per heavy atom. The molecule has 3 aromatic rings. The minimum atomic E-state index is -0.0717. The number of nitrogens with zero attached hydrogens (tertiary/aromatic N) is 2. The zero-order valence-electron chi connectivity index (χ0n) is 14.5. The summed E-state index contributed by atoms with van der Waals surface area (Å²) in [6.07, 6.45) is 1.58. The monoisotopic (exact) mass is 325 g/mol. The third-order valence-corrected chi connectivity index (χ3v) is 3.55. The Kier molecular flexibility index (Phi) is 6.09. The zero-order valence-corrected chi connectivity index (χ0v) is 14.5. The number of aromatic nitrogens is 2. The summed E-state index contributed by atoms with van der Waals surface area (Å²) in [7, 11) is 1.62. The first kappa shape index (κ1) is 17.7. The number of para-hydroxylation sites is 1. The van der Waals surface area contributed by atoms with Crippen LogP contribution in [-0.4, -0.2) is 23.4 Å². The van der Waals surface area contributed by atoms with Gasteiger partial charge in [-0.05, 0) is 36.8 Å². The highest BCUT2D eigenvalue weighted by Gasteiger charge is 2.08. The molecule has 1 N–H and O–H groups in total. The van der Waals surface area contributed by atoms with Crippen molar-refractivity contribution in [2.45, 2.75) is 20.8 Å². The van der Waals surface area contributed by atoms with Gasteiger partial charge in [0.1, 0.15) is 13.1 Å². The van der Waals surface area contributed by atoms with Crippen LogP contribution in [0.4, 0.5) is 5.69 Å². The molecule has 126 valence electrons. The Bertz CT molecular complexity index is 872. The van der Waals surface area contributed by atoms with E-state index in [1.54, 1.807) is 24.1 Å². The number of benzene rings is 2. The fourth-order valence-corrected chi connectivity index (χ4v) is 2.38. The first-order chi connectivity index (χ1) is 11.7. The fraction of sp³-hybridized carbons (Fsp3) is 0.263. The first-order valence-corrected chi connectivity index (χ1v) is 8.01. The molecule has 0 unspecified atom stereocenters. The van der Waals surface area contributed by atoms with Crippen molar-refractivity contribution in [2.24, 2.45) is 0 Å². The molecule has 0 bridgehead atoms. The Morgan fingerprint density at radius 1 is 1.17 bits per heavy atom. The van der Waals surface area contributed by atoms with Gasteiger partial charge in [-0.3, -0.25) is 9.36 Å². The van der Waals surface area contributed by atoms with Crippen LogP contribution in [0.5, 0.6) is 0 Å². The van der Waals surface area contributed by atoms with E-state index in [-0.39, 0.29) is 5.56 Å². The topological polar surface area (TPSA) is 56.1 Å². The molecule has 0 amide bonds. The van der Waals surface area contributed by atoms with E-state index in [2.05, 4.69) is 10.3 Å². The van der Waals surface area contributed by atoms with Gasteiger partial charge in [0.15, 0.2) is 0 Å². The molecule has 0 atom stereocenters. The van der Waals surface area contributed by atoms with Gasteiger partial charge >= 0.3 is 0 Å². The molecule has 0 aliphatic heterocycles. The summed E-state index contributed by atoms with van der Waals surface area (Å²) < 4.78 is 6.59. The number of methoxy groups -OCH3 is 1. The van der Waals surface area contributed by atoms with E-state index < -0.39 is 0 Å². The van der Waals surface area contributed by atoms with Crippen molar-refractivity contribution >= 4 is 16.6 Å². The molecule has 0 aliphatic carbocycles. The molecule has 2 aromatic carbocycles. The predicted molar refractivity (Wildman–Crippen MR) is 98.9 cm³/mol. The van der Waals surface area contributed by atoms with Crippen molar-refractivity contribution in [3.63, 3.8) is 0 Å². The lowest BCUT2D eigenvalue weighted by Gasteiger charge is -2.12. The smallest absolute Gasteiger partial charge is 0.265 e. The van der Waals surface area contributed by atoms with Gasteiger partial charge in [0.25, 0.3) is 5.56 Å². The molecule has 0 saturated heterocycles. The normalized spacial score (nSPS) is 10.2. The standard InChI is InChI=1S/C17H17N3O2.C2H6/c1-12-7-8-13(19-11-22-2)9-16(12)20-10-18-15-6-4-3-5-14(15)17(20)21;1-2/h3-10,19H,11H2,1-2H3;1-2H3. The number of hydrogen-bond acceptors (Lipinski definition) is 4. The number of ether oxygens (including phenoxy) is 1. The summed E-state index contributed by atoms with van der Waals surface area (Å²) in [5.41, 5.74) is 3.33. The Balaban J connectivity index is 0.00000100. The van der Waals surface area contributed by atoms with Crippen LogP contribution in [0.1, 0.15) is 19.4 Å². The van der Waals surface area contributed by atoms with Crippen molar-refractivity contribution in [3.05, 3.63) is 64.7 Å². The molecule has 0 radical (unpaired) electrons. The second-order valence-corrected chi connectivity index (χ2v) is 5.05. The molecular weight excluding hydrogens is 302 g/mol. The zero-order chi connectivity index (χ0) is 17.5. The average molecular weight is 325 g/mol. The van der Waals surface area contributed by atoms with E-state index in [1.807, 2.05) is 57.2 Å². The van der Waals surface area contributed by atoms with Crippen LogP contribution in [0.3, 0.4) is 0 Å². The number of anilines is 1. The van der Waals surface area contributed by atoms with Gasteiger partial charge in [0.05, 0.1) is 16.6 Å². The molecule has 5 nitrogen and oxygen atoms in total. The second kappa shape index (κ2) is 8.26. The molecular formula is C19H23N3O2. The third-order valence-electron chi connectivity index (χ3n) is 3.55. The molecule has 5 heteroatoms. The second-order valence-electron chi connectivity index (χ2n) is 5.05. The number of rotatable bonds is 4. The molecule has 0 fully saturated rings. The van der Waals surface area contributed by atoms with E-state index in [9.17, 15) is 4.79 Å². The highest BCUT2D eigenvalue weighted by molar-refractivity contribution is 5.77. The summed E-state index contributed by atoms with van der Waals surface area (Å²) in [6, 6.07) is 13.2. The number of aryl methyl sites for hydroxylation is 1. The first-order valence-electron chi connectivity index (χ1n) is 8.01. The van der Waals surface area contributed by atoms with Crippen molar-refractivity contribution < 1.29 is 4.74 Å². The van der Waals surface area contributed by atoms with Crippen molar-refractivity contribution in [1.82, 2.24) is 9.55 Å². The van der Waals surface area contributed by atoms with Gasteiger partial charge in [-0.25, -0.2) is 4.98 Å². The Labute approximate surface area is 141 Å². The van der Waals surface area contributed by atoms with Crippen LogP contribution in [0.15, 0.2) is 53.6 Å². The van der Waals surface area contributed by atoms with E-state index >= 15 is 0 Å². The van der Waals surface area contributed by atoms with E-state index in [4.69, 9.17) is 4.74 Å². The van der Waals surface area contributed by atoms with Crippen LogP contribution in [0.25, 0.3) is 16.6 Å². The maximum absolute atomic E-state index is 12.7. The molecule has 24 heavy (non-hydrogen) atoms. The lowest BCUT2D eigenvalue weighted by atomic mass is 10.1. The van der Waals surface area contributed by atoms with E-state index in [0.717, 1.165) is 16.9 Å². The van der Waals surface area contributed by atoms with E-state index in [0.29, 0.717) is 17.6 Å². The van der Waals surface area contributed by atoms with Gasteiger partial charge < -0.3 is 10.1 Å². The number of fused-ring (bicyclic) bond motifs is 1. The lowest BCUT2D eigenvalue weighted by Crippen LogP contribution is -2.19. The third kappa shape index (κ3) is 3.63. The fourth-order valence-electron chi connectivity index (χ4n) is 2.38. The minimum Gasteiger partial charge on any atom is -0.365 e. The summed E-state index contributed by atoms with van der Waals surface area (Å²) in [5.74, 6) is 0. The maximum Gasteiger partial charge on any atom is 0.265 e. The van der Waals surface area contributed by atoms with Gasteiger partial charge in [-0.1, -0.05) is 32.0 Å². The summed E-state index contributed by atoms with van der Waals surface area (Å²) in [5, 5.41) is 3.74. The van der Waals surface area contributed by atoms with Gasteiger partial charge in [-0.15, -0.1) is 0 Å². The quantitative estimate of drug-likeness (QED) is 0.743. The number of hydrogen-bond donors (Lipinski definition) is 1. The lowest BCUT2D eigenvalue weighted by molar-refractivity contribution is 0.221. The Morgan fingerprint density at radius 2 is 1.92 bits per heavy atom. The van der Waals surface area contributed by atoms with Crippen molar-refractivity contribution in [1.29, 1.82) is 0 Å². The molecule has 0 saturated carbocycles. The van der Waals surface area contributed by atoms with Gasteiger partial charge in [0, 0.05) is 12.8 Å². The van der Waals surface area contributed by atoms with Gasteiger partial charge in [-0.2, -0.15) is 0 Å². The number of nitrogens with one attached hydrogen (secondary N) is 1. The SMILES string of the molecule is CC.COCNc1ccc(C)c(-n2cnc3ccccc3c2=O)c1. The predicted octanol–water partition coefficient (Wildman–Crippen LogP) is 3.74. The summed E-state index contributed by atoms with van der Waals surface area (Å²) in [6.45, 7) is 6.38. The highest BCUT2D eigenvalue weighted by atomic mass is 16.5. The molecule has 1 heterocycles. The van der Waals surface area contributed by atoms with Crippen LogP contribution in [0.2, 0.25) is 0 Å². The van der Waals surface area contributed by atoms with Crippen LogP contribution < -0.4 is 10.9 Å². The highest BCUT2D eigenvalue weighted by Crippen LogP contribution is 2.18. The van der Waals surface area contributed by atoms with Gasteiger partial charge in [0.2, 0.25) is 0 Å². The molecule has 3 rings (SSSR count). The summed E-state index contributed by atoms with van der Waals surface area (Å²) >= 11 is 0. The molecule has 0 aliphatic rings. The van der Waals surface area contributed by atoms with Crippen LogP contribution in [0, 0.1) is 6.92 Å². The van der Waals surface area contributed by atoms with Crippen LogP contribution >= 0.6 is 0 Å². The largest absolute Gasteiger partial charge is 0.365 e. The summed E-state index contributed by atoms with van der Waals surface area (Å²) in [4.78, 5) is 17.1.